The molecule has 1 fully saturated rings. The third-order valence-electron chi connectivity index (χ3n) is 4.84. The van der Waals surface area contributed by atoms with Gasteiger partial charge in [-0.1, -0.05) is 42.5 Å². The number of rotatable bonds is 3. The standard InChI is InChI=1S/C19H21NO2.ClH/c1-21-18-9-5-8-16-17-12-20(10-14-6-3-2-4-7-14)11-15(17)13-22-19(16)18;/h2-9,15,17H,10-13H2,1H3;1H/t15-,17+;/m1./s1. The molecule has 0 saturated carbocycles. The van der Waals surface area contributed by atoms with Crippen LogP contribution in [-0.4, -0.2) is 31.7 Å². The second-order valence-corrected chi connectivity index (χ2v) is 6.24. The van der Waals surface area contributed by atoms with E-state index in [4.69, 9.17) is 9.47 Å². The first-order chi connectivity index (χ1) is 10.8. The van der Waals surface area contributed by atoms with E-state index in [0.29, 0.717) is 11.8 Å². The molecule has 0 amide bonds. The molecule has 2 aromatic rings. The summed E-state index contributed by atoms with van der Waals surface area (Å²) < 4.78 is 11.5. The third-order valence-corrected chi connectivity index (χ3v) is 4.84. The maximum Gasteiger partial charge on any atom is 0.164 e. The Labute approximate surface area is 143 Å². The lowest BCUT2D eigenvalue weighted by Gasteiger charge is -2.28. The molecular weight excluding hydrogens is 310 g/mol. The first-order valence-corrected chi connectivity index (χ1v) is 7.91. The average Bonchev–Trinajstić information content (AvgIpc) is 2.98. The lowest BCUT2D eigenvalue weighted by Crippen LogP contribution is -2.25. The number of halogens is 1. The molecule has 2 heterocycles. The third kappa shape index (κ3) is 3.04. The van der Waals surface area contributed by atoms with Gasteiger partial charge < -0.3 is 9.47 Å². The van der Waals surface area contributed by atoms with E-state index in [2.05, 4.69) is 47.4 Å². The molecular formula is C19H22ClNO2. The Bertz CT molecular complexity index is 662. The quantitative estimate of drug-likeness (QED) is 0.855. The second kappa shape index (κ2) is 6.81. The number of hydrogen-bond acceptors (Lipinski definition) is 3. The highest BCUT2D eigenvalue weighted by Gasteiger charge is 2.39. The molecule has 23 heavy (non-hydrogen) atoms. The van der Waals surface area contributed by atoms with Crippen LogP contribution in [0, 0.1) is 5.92 Å². The monoisotopic (exact) mass is 331 g/mol. The Hall–Kier alpha value is -1.71. The van der Waals surface area contributed by atoms with Gasteiger partial charge in [0.05, 0.1) is 13.7 Å². The topological polar surface area (TPSA) is 21.7 Å². The van der Waals surface area contributed by atoms with Crippen LogP contribution in [0.15, 0.2) is 48.5 Å². The summed E-state index contributed by atoms with van der Waals surface area (Å²) in [6.45, 7) is 4.02. The smallest absolute Gasteiger partial charge is 0.164 e. The van der Waals surface area contributed by atoms with Gasteiger partial charge in [-0.25, -0.2) is 0 Å². The number of nitrogens with zero attached hydrogens (tertiary/aromatic N) is 1. The largest absolute Gasteiger partial charge is 0.493 e. The highest BCUT2D eigenvalue weighted by molar-refractivity contribution is 5.85. The Morgan fingerprint density at radius 3 is 2.70 bits per heavy atom. The summed E-state index contributed by atoms with van der Waals surface area (Å²) in [5, 5.41) is 0. The highest BCUT2D eigenvalue weighted by Crippen LogP contribution is 2.45. The minimum absolute atomic E-state index is 0. The molecule has 4 rings (SSSR count). The van der Waals surface area contributed by atoms with Crippen molar-refractivity contribution < 1.29 is 9.47 Å². The SMILES string of the molecule is COc1cccc2c1OC[C@H]1CN(Cc3ccccc3)C[C@H]21.Cl. The molecule has 2 atom stereocenters. The number of benzene rings is 2. The Kier molecular flexibility index (Phi) is 4.79. The summed E-state index contributed by atoms with van der Waals surface area (Å²) >= 11 is 0. The van der Waals surface area contributed by atoms with Gasteiger partial charge in [-0.15, -0.1) is 12.4 Å². The van der Waals surface area contributed by atoms with E-state index in [1.807, 2.05) is 6.07 Å². The van der Waals surface area contributed by atoms with Crippen LogP contribution in [0.1, 0.15) is 17.0 Å². The minimum Gasteiger partial charge on any atom is -0.493 e. The van der Waals surface area contributed by atoms with Crippen LogP contribution in [0.5, 0.6) is 11.5 Å². The molecule has 122 valence electrons. The van der Waals surface area contributed by atoms with E-state index in [-0.39, 0.29) is 12.4 Å². The van der Waals surface area contributed by atoms with Gasteiger partial charge in [0.15, 0.2) is 11.5 Å². The van der Waals surface area contributed by atoms with E-state index in [0.717, 1.165) is 37.7 Å². The van der Waals surface area contributed by atoms with Crippen molar-refractivity contribution in [1.29, 1.82) is 0 Å². The van der Waals surface area contributed by atoms with Crippen LogP contribution in [-0.2, 0) is 6.54 Å². The van der Waals surface area contributed by atoms with Gasteiger partial charge in [-0.3, -0.25) is 4.90 Å². The summed E-state index contributed by atoms with van der Waals surface area (Å²) in [6.07, 6.45) is 0. The first kappa shape index (κ1) is 16.2. The van der Waals surface area contributed by atoms with E-state index in [9.17, 15) is 0 Å². The van der Waals surface area contributed by atoms with Crippen molar-refractivity contribution in [3.8, 4) is 11.5 Å². The molecule has 2 aliphatic rings. The van der Waals surface area contributed by atoms with Gasteiger partial charge in [0, 0.05) is 37.0 Å². The zero-order valence-corrected chi connectivity index (χ0v) is 14.1. The van der Waals surface area contributed by atoms with E-state index in [1.165, 1.54) is 11.1 Å². The lowest BCUT2D eigenvalue weighted by atomic mass is 9.87. The van der Waals surface area contributed by atoms with Gasteiger partial charge in [0.1, 0.15) is 0 Å². The summed E-state index contributed by atoms with van der Waals surface area (Å²) in [7, 11) is 1.71. The van der Waals surface area contributed by atoms with E-state index in [1.54, 1.807) is 7.11 Å². The molecule has 0 spiro atoms. The molecule has 0 aromatic heterocycles. The van der Waals surface area contributed by atoms with Crippen LogP contribution < -0.4 is 9.47 Å². The van der Waals surface area contributed by atoms with Crippen molar-refractivity contribution in [2.45, 2.75) is 12.5 Å². The van der Waals surface area contributed by atoms with E-state index < -0.39 is 0 Å². The van der Waals surface area contributed by atoms with E-state index >= 15 is 0 Å². The van der Waals surface area contributed by atoms with Crippen LogP contribution in [0.3, 0.4) is 0 Å². The van der Waals surface area contributed by atoms with Crippen molar-refractivity contribution in [2.75, 3.05) is 26.8 Å². The Balaban J connectivity index is 0.00000156. The molecule has 0 radical (unpaired) electrons. The molecule has 0 bridgehead atoms. The fraction of sp³-hybridized carbons (Fsp3) is 0.368. The molecule has 0 N–H and O–H groups in total. The Morgan fingerprint density at radius 1 is 1.09 bits per heavy atom. The number of hydrogen-bond donors (Lipinski definition) is 0. The molecule has 0 unspecified atom stereocenters. The van der Waals surface area contributed by atoms with Crippen molar-refractivity contribution in [3.05, 3.63) is 59.7 Å². The molecule has 2 aromatic carbocycles. The summed E-state index contributed by atoms with van der Waals surface area (Å²) in [5.74, 6) is 2.95. The van der Waals surface area contributed by atoms with Gasteiger partial charge in [0.25, 0.3) is 0 Å². The molecule has 2 aliphatic heterocycles. The predicted octanol–water partition coefficient (Wildman–Crippen LogP) is 3.73. The first-order valence-electron chi connectivity index (χ1n) is 7.91. The number of ether oxygens (including phenoxy) is 2. The molecule has 4 heteroatoms. The van der Waals surface area contributed by atoms with Crippen LogP contribution in [0.2, 0.25) is 0 Å². The fourth-order valence-electron chi connectivity index (χ4n) is 3.78. The zero-order chi connectivity index (χ0) is 14.9. The lowest BCUT2D eigenvalue weighted by molar-refractivity contribution is 0.203. The molecule has 0 aliphatic carbocycles. The molecule has 3 nitrogen and oxygen atoms in total. The van der Waals surface area contributed by atoms with Crippen LogP contribution in [0.4, 0.5) is 0 Å². The molecule has 1 saturated heterocycles. The van der Waals surface area contributed by atoms with Gasteiger partial charge in [0.2, 0.25) is 0 Å². The minimum atomic E-state index is 0. The van der Waals surface area contributed by atoms with Crippen molar-refractivity contribution in [3.63, 3.8) is 0 Å². The van der Waals surface area contributed by atoms with Gasteiger partial charge in [-0.2, -0.15) is 0 Å². The van der Waals surface area contributed by atoms with Crippen molar-refractivity contribution in [2.24, 2.45) is 5.92 Å². The summed E-state index contributed by atoms with van der Waals surface area (Å²) in [4.78, 5) is 2.54. The number of fused-ring (bicyclic) bond motifs is 3. The average molecular weight is 332 g/mol. The maximum absolute atomic E-state index is 6.01. The summed E-state index contributed by atoms with van der Waals surface area (Å²) in [6, 6.07) is 17.0. The van der Waals surface area contributed by atoms with Gasteiger partial charge >= 0.3 is 0 Å². The van der Waals surface area contributed by atoms with Gasteiger partial charge in [-0.05, 0) is 11.6 Å². The fourth-order valence-corrected chi connectivity index (χ4v) is 3.78. The number of likely N-dealkylation sites (tertiary alicyclic amines) is 1. The predicted molar refractivity (Wildman–Crippen MR) is 93.7 cm³/mol. The maximum atomic E-state index is 6.01. The van der Waals surface area contributed by atoms with Crippen LogP contribution in [0.25, 0.3) is 0 Å². The normalized spacial score (nSPS) is 22.5. The number of methoxy groups -OCH3 is 1. The van der Waals surface area contributed by atoms with Crippen molar-refractivity contribution in [1.82, 2.24) is 4.90 Å². The van der Waals surface area contributed by atoms with Crippen molar-refractivity contribution >= 4 is 12.4 Å². The number of para-hydroxylation sites is 1. The van der Waals surface area contributed by atoms with Crippen LogP contribution >= 0.6 is 12.4 Å². The second-order valence-electron chi connectivity index (χ2n) is 6.24. The Morgan fingerprint density at radius 2 is 1.91 bits per heavy atom. The zero-order valence-electron chi connectivity index (χ0n) is 13.3. The highest BCUT2D eigenvalue weighted by atomic mass is 35.5. The summed E-state index contributed by atoms with van der Waals surface area (Å²) in [5.41, 5.74) is 2.69.